The summed E-state index contributed by atoms with van der Waals surface area (Å²) in [4.78, 5) is 37.8. The lowest BCUT2D eigenvalue weighted by Gasteiger charge is -2.31. The number of thioether (sulfide) groups is 1. The largest absolute Gasteiger partial charge is 0.468 e. The highest BCUT2D eigenvalue weighted by Crippen LogP contribution is 2.41. The summed E-state index contributed by atoms with van der Waals surface area (Å²) in [7, 11) is 1.21. The van der Waals surface area contributed by atoms with Gasteiger partial charge in [-0.1, -0.05) is 54.2 Å². The number of methoxy groups -OCH3 is 1. The van der Waals surface area contributed by atoms with Crippen LogP contribution in [0.5, 0.6) is 0 Å². The fourth-order valence-electron chi connectivity index (χ4n) is 3.63. The normalized spacial score (nSPS) is 17.9. The lowest BCUT2D eigenvalue weighted by molar-refractivity contribution is -0.150. The van der Waals surface area contributed by atoms with Crippen LogP contribution in [-0.4, -0.2) is 30.6 Å². The third kappa shape index (κ3) is 4.84. The number of rotatable bonds is 6. The quantitative estimate of drug-likeness (QED) is 0.517. The van der Waals surface area contributed by atoms with E-state index in [1.165, 1.54) is 7.11 Å². The van der Waals surface area contributed by atoms with E-state index in [0.29, 0.717) is 11.3 Å². The number of hydrogen-bond donors (Lipinski definition) is 2. The van der Waals surface area contributed by atoms with Crippen molar-refractivity contribution in [2.75, 3.05) is 18.2 Å². The fraction of sp³-hybridized carbons (Fsp3) is 0.250. The summed E-state index contributed by atoms with van der Waals surface area (Å²) in [5, 5.41) is 15.7. The molecule has 1 aliphatic heterocycles. The Labute approximate surface area is 190 Å². The van der Waals surface area contributed by atoms with Gasteiger partial charge in [0.25, 0.3) is 0 Å². The molecule has 8 heteroatoms. The second-order valence-corrected chi connectivity index (χ2v) is 8.32. The van der Waals surface area contributed by atoms with Crippen LogP contribution in [-0.2, 0) is 19.1 Å². The van der Waals surface area contributed by atoms with E-state index in [4.69, 9.17) is 4.74 Å². The number of benzene rings is 2. The van der Waals surface area contributed by atoms with Gasteiger partial charge in [0.1, 0.15) is 5.92 Å². The van der Waals surface area contributed by atoms with Crippen LogP contribution in [0.4, 0.5) is 5.69 Å². The number of aryl methyl sites for hydroxylation is 2. The van der Waals surface area contributed by atoms with Gasteiger partial charge in [0.2, 0.25) is 11.8 Å². The molecule has 0 fully saturated rings. The van der Waals surface area contributed by atoms with Crippen molar-refractivity contribution in [3.63, 3.8) is 0 Å². The van der Waals surface area contributed by atoms with Gasteiger partial charge < -0.3 is 15.4 Å². The molecule has 0 saturated heterocycles. The minimum absolute atomic E-state index is 0.0154. The molecule has 0 bridgehead atoms. The van der Waals surface area contributed by atoms with Crippen LogP contribution in [0.15, 0.2) is 59.1 Å². The number of carbonyl (C=O) groups is 3. The molecular weight excluding hydrogens is 426 g/mol. The Balaban J connectivity index is 1.92. The predicted octanol–water partition coefficient (Wildman–Crippen LogP) is 3.41. The molecule has 1 heterocycles. The molecule has 7 nitrogen and oxygen atoms in total. The van der Waals surface area contributed by atoms with Gasteiger partial charge in [-0.2, -0.15) is 5.26 Å². The molecule has 0 spiro atoms. The van der Waals surface area contributed by atoms with Crippen molar-refractivity contribution in [2.45, 2.75) is 19.8 Å². The van der Waals surface area contributed by atoms with E-state index in [9.17, 15) is 19.6 Å². The molecule has 164 valence electrons. The van der Waals surface area contributed by atoms with Crippen LogP contribution >= 0.6 is 11.8 Å². The van der Waals surface area contributed by atoms with Gasteiger partial charge in [-0.25, -0.2) is 0 Å². The Kier molecular flexibility index (Phi) is 7.33. The maximum Gasteiger partial charge on any atom is 0.319 e. The molecular formula is C24H23N3O4S. The summed E-state index contributed by atoms with van der Waals surface area (Å²) >= 11 is 1.05. The van der Waals surface area contributed by atoms with E-state index in [2.05, 4.69) is 16.7 Å². The number of nitriles is 1. The minimum Gasteiger partial charge on any atom is -0.468 e. The smallest absolute Gasteiger partial charge is 0.319 e. The van der Waals surface area contributed by atoms with Crippen molar-refractivity contribution in [2.24, 2.45) is 5.92 Å². The van der Waals surface area contributed by atoms with E-state index < -0.39 is 23.7 Å². The first kappa shape index (κ1) is 23.1. The first-order valence-corrected chi connectivity index (χ1v) is 10.9. The molecule has 32 heavy (non-hydrogen) atoms. The molecule has 0 aliphatic carbocycles. The van der Waals surface area contributed by atoms with E-state index in [1.807, 2.05) is 44.2 Å². The van der Waals surface area contributed by atoms with E-state index in [1.54, 1.807) is 18.2 Å². The van der Waals surface area contributed by atoms with Gasteiger partial charge >= 0.3 is 5.97 Å². The highest BCUT2D eigenvalue weighted by atomic mass is 32.2. The Hall–Kier alpha value is -3.57. The molecule has 2 aromatic rings. The van der Waals surface area contributed by atoms with Gasteiger partial charge in [-0.05, 0) is 36.6 Å². The minimum atomic E-state index is -1.19. The molecule has 2 N–H and O–H groups in total. The third-order valence-corrected chi connectivity index (χ3v) is 6.29. The van der Waals surface area contributed by atoms with E-state index in [-0.39, 0.29) is 22.3 Å². The monoisotopic (exact) mass is 449 g/mol. The second kappa shape index (κ2) is 10.2. The molecule has 3 rings (SSSR count). The van der Waals surface area contributed by atoms with Crippen LogP contribution in [0.25, 0.3) is 0 Å². The van der Waals surface area contributed by atoms with Crippen LogP contribution in [0, 0.1) is 31.1 Å². The van der Waals surface area contributed by atoms with Crippen LogP contribution in [0.3, 0.4) is 0 Å². The molecule has 0 unspecified atom stereocenters. The molecule has 1 aliphatic rings. The zero-order valence-corrected chi connectivity index (χ0v) is 18.8. The van der Waals surface area contributed by atoms with Gasteiger partial charge in [0.15, 0.2) is 0 Å². The average Bonchev–Trinajstić information content (AvgIpc) is 2.78. The van der Waals surface area contributed by atoms with E-state index in [0.717, 1.165) is 22.9 Å². The molecule has 0 aromatic heterocycles. The number of allylic oxidation sites excluding steroid dienone is 1. The topological polar surface area (TPSA) is 108 Å². The summed E-state index contributed by atoms with van der Waals surface area (Å²) in [6.07, 6.45) is 0. The summed E-state index contributed by atoms with van der Waals surface area (Å²) in [6, 6.07) is 16.8. The number of anilines is 1. The zero-order chi connectivity index (χ0) is 23.3. The Bertz CT molecular complexity index is 1140. The van der Waals surface area contributed by atoms with Gasteiger partial charge in [0, 0.05) is 11.6 Å². The average molecular weight is 450 g/mol. The maximum atomic E-state index is 12.9. The summed E-state index contributed by atoms with van der Waals surface area (Å²) < 4.78 is 4.85. The number of carbonyl (C=O) groups excluding carboxylic acids is 3. The second-order valence-electron chi connectivity index (χ2n) is 7.33. The highest BCUT2D eigenvalue weighted by molar-refractivity contribution is 8.03. The van der Waals surface area contributed by atoms with Gasteiger partial charge in [-0.3, -0.25) is 14.4 Å². The summed E-state index contributed by atoms with van der Waals surface area (Å²) in [5.41, 5.74) is 3.38. The van der Waals surface area contributed by atoms with Gasteiger partial charge in [0.05, 0.1) is 29.5 Å². The van der Waals surface area contributed by atoms with E-state index >= 15 is 0 Å². The third-order valence-electron chi connectivity index (χ3n) is 5.27. The lowest BCUT2D eigenvalue weighted by Crippen LogP contribution is -2.44. The Morgan fingerprint density at radius 1 is 1.12 bits per heavy atom. The lowest BCUT2D eigenvalue weighted by atomic mass is 9.77. The number of ether oxygens (including phenoxy) is 1. The van der Waals surface area contributed by atoms with Crippen molar-refractivity contribution < 1.29 is 19.1 Å². The molecule has 2 amide bonds. The molecule has 0 radical (unpaired) electrons. The Morgan fingerprint density at radius 2 is 1.78 bits per heavy atom. The Morgan fingerprint density at radius 3 is 2.41 bits per heavy atom. The van der Waals surface area contributed by atoms with Crippen molar-refractivity contribution in [3.05, 3.63) is 75.8 Å². The maximum absolute atomic E-state index is 12.9. The van der Waals surface area contributed by atoms with Gasteiger partial charge in [-0.15, -0.1) is 0 Å². The first-order chi connectivity index (χ1) is 15.4. The predicted molar refractivity (Wildman–Crippen MR) is 122 cm³/mol. The number of amides is 2. The van der Waals surface area contributed by atoms with Crippen molar-refractivity contribution in [3.8, 4) is 6.07 Å². The van der Waals surface area contributed by atoms with Crippen LogP contribution in [0.2, 0.25) is 0 Å². The van der Waals surface area contributed by atoms with Crippen molar-refractivity contribution >= 4 is 35.2 Å². The molecule has 0 saturated carbocycles. The molecule has 2 aromatic carbocycles. The number of nitrogens with one attached hydrogen (secondary N) is 2. The zero-order valence-electron chi connectivity index (χ0n) is 18.0. The van der Waals surface area contributed by atoms with Crippen LogP contribution in [0.1, 0.15) is 22.6 Å². The first-order valence-electron chi connectivity index (χ1n) is 9.94. The highest BCUT2D eigenvalue weighted by Gasteiger charge is 2.44. The van der Waals surface area contributed by atoms with Crippen LogP contribution < -0.4 is 10.6 Å². The number of nitrogens with zero attached hydrogens (tertiary/aromatic N) is 1. The van der Waals surface area contributed by atoms with Crippen molar-refractivity contribution in [1.82, 2.24) is 5.32 Å². The number of hydrogen-bond acceptors (Lipinski definition) is 6. The molecule has 2 atom stereocenters. The fourth-order valence-corrected chi connectivity index (χ4v) is 4.48. The standard InChI is InChI=1S/C24H23N3O4S/c1-14-8-4-6-10-16(14)20-17(12-25)23(27-22(29)21(20)24(30)31-3)32-13-19(28)26-18-11-7-5-9-15(18)2/h4-11,20-21H,13H2,1-3H3,(H,26,28)(H,27,29)/t20-,21+/m0/s1. The number of para-hydroxylation sites is 1. The summed E-state index contributed by atoms with van der Waals surface area (Å²) in [5.74, 6) is -3.56. The number of esters is 1. The summed E-state index contributed by atoms with van der Waals surface area (Å²) in [6.45, 7) is 3.74. The van der Waals surface area contributed by atoms with Crippen molar-refractivity contribution in [1.29, 1.82) is 5.26 Å². The SMILES string of the molecule is COC(=O)[C@H]1C(=O)NC(SCC(=O)Nc2ccccc2C)=C(C#N)[C@@H]1c1ccccc1C.